The number of Topliss-reactive ketones (excluding diaryl/α,β-unsaturated/α-hetero) is 2. The fourth-order valence-electron chi connectivity index (χ4n) is 10.6. The number of hydrogen-bond donors (Lipinski definition) is 3. The summed E-state index contributed by atoms with van der Waals surface area (Å²) in [5.74, 6) is 0.932. The largest absolute Gasteiger partial charge is 0.497 e. The van der Waals surface area contributed by atoms with Gasteiger partial charge in [0.05, 0.1) is 57.2 Å². The molecule has 0 aliphatic carbocycles. The first-order chi connectivity index (χ1) is 40.2. The lowest BCUT2D eigenvalue weighted by Crippen LogP contribution is -2.38. The number of pyridine rings is 2. The number of ketones is 2. The molecular weight excluding hydrogens is 1040 g/mol. The smallest absolute Gasteiger partial charge is 0.181 e. The Kier molecular flexibility index (Phi) is 18.5. The van der Waals surface area contributed by atoms with E-state index in [1.807, 2.05) is 177 Å². The quantitative estimate of drug-likeness (QED) is 0.0650. The normalized spacial score (nSPS) is 14.7. The van der Waals surface area contributed by atoms with Crippen LogP contribution in [-0.4, -0.2) is 163 Å². The molecule has 5 aromatic carbocycles. The van der Waals surface area contributed by atoms with Gasteiger partial charge in [-0.1, -0.05) is 60.7 Å². The van der Waals surface area contributed by atoms with Gasteiger partial charge >= 0.3 is 0 Å². The first-order valence-corrected chi connectivity index (χ1v) is 28.3. The average molecular weight is 1120 g/mol. The van der Waals surface area contributed by atoms with Gasteiger partial charge in [0.25, 0.3) is 0 Å². The van der Waals surface area contributed by atoms with Gasteiger partial charge in [-0.15, -0.1) is 0 Å². The van der Waals surface area contributed by atoms with E-state index in [-0.39, 0.29) is 11.6 Å². The number of carbonyl (C=O) groups is 2. The van der Waals surface area contributed by atoms with Crippen LogP contribution < -0.4 is 14.5 Å². The molecule has 4 aromatic heterocycles. The minimum absolute atomic E-state index is 0.0679. The summed E-state index contributed by atoms with van der Waals surface area (Å²) in [5.41, 5.74) is 14.5. The summed E-state index contributed by atoms with van der Waals surface area (Å²) in [5, 5.41) is 36.2. The van der Waals surface area contributed by atoms with E-state index in [9.17, 15) is 19.8 Å². The minimum atomic E-state index is -0.771. The zero-order valence-electron chi connectivity index (χ0n) is 48.5. The summed E-state index contributed by atoms with van der Waals surface area (Å²) < 4.78 is 18.1. The van der Waals surface area contributed by atoms with Gasteiger partial charge in [-0.2, -0.15) is 10.2 Å². The second-order valence-electron chi connectivity index (χ2n) is 21.9. The van der Waals surface area contributed by atoms with Crippen molar-refractivity contribution < 1.29 is 34.0 Å². The molecule has 9 aromatic rings. The number of methoxy groups -OCH3 is 1. The molecule has 17 nitrogen and oxygen atoms in total. The van der Waals surface area contributed by atoms with Crippen LogP contribution in [0.4, 0.5) is 11.4 Å². The van der Waals surface area contributed by atoms with Gasteiger partial charge < -0.3 is 34.2 Å². The second-order valence-corrected chi connectivity index (χ2v) is 21.9. The highest BCUT2D eigenvalue weighted by Crippen LogP contribution is 2.32. The first-order valence-electron chi connectivity index (χ1n) is 28.3. The van der Waals surface area contributed by atoms with E-state index < -0.39 is 12.2 Å². The standard InChI is InChI=1S/C37H41N5O4.C29H33N5O3/c1-25-8-9-27(21-34(43)28-6-5-7-29(22-28)40(2)3)20-32(25)33-15-14-31-36(35(44)24-41-16-18-46-19-17-41)39-42(37(31)38-33)23-26-10-12-30(45-4)13-11-26;1-19-7-8-20(16-26(35)21-5-4-6-22(17-21)33(2)3)15-24(19)25-10-9-23-28(31-32-29(23)30-25)27(36)18-34-11-13-37-14-12-34/h5-15,20,22,35,44H,16-19,21,23-24H2,1-4H3;4-10,15,17,27,36H,11-14,16,18H2,1-3H3,(H,30,31,32). The number of aromatic nitrogens is 6. The lowest BCUT2D eigenvalue weighted by Gasteiger charge is -2.28. The van der Waals surface area contributed by atoms with Crippen LogP contribution in [0.3, 0.4) is 0 Å². The molecule has 2 aliphatic rings. The fourth-order valence-corrected chi connectivity index (χ4v) is 10.6. The third-order valence-corrected chi connectivity index (χ3v) is 15.5. The maximum Gasteiger partial charge on any atom is 0.181 e. The van der Waals surface area contributed by atoms with E-state index in [2.05, 4.69) is 33.0 Å². The monoisotopic (exact) mass is 1120 g/mol. The summed E-state index contributed by atoms with van der Waals surface area (Å²) in [7, 11) is 9.52. The van der Waals surface area contributed by atoms with E-state index in [4.69, 9.17) is 29.3 Å². The number of morpholine rings is 2. The SMILES string of the molecule is COc1ccc(Cn2nc(C(O)CN3CCOCC3)c3ccc(-c4cc(CC(=O)c5cccc(N(C)C)c5)ccc4C)nc32)cc1.Cc1ccc(CC(=O)c2cccc(N(C)C)c2)cc1-c1ccc2c(C(O)CN3CCOCC3)[nH]nc2n1. The number of anilines is 2. The van der Waals surface area contributed by atoms with E-state index in [0.717, 1.165) is 104 Å². The van der Waals surface area contributed by atoms with Gasteiger partial charge in [-0.25, -0.2) is 14.6 Å². The van der Waals surface area contributed by atoms with Crippen LogP contribution in [0.25, 0.3) is 44.6 Å². The number of aryl methyl sites for hydroxylation is 2. The third-order valence-electron chi connectivity index (χ3n) is 15.5. The number of fused-ring (bicyclic) bond motifs is 2. The number of ether oxygens (including phenoxy) is 3. The lowest BCUT2D eigenvalue weighted by atomic mass is 9.97. The Bertz CT molecular complexity index is 3710. The highest BCUT2D eigenvalue weighted by molar-refractivity contribution is 5.99. The van der Waals surface area contributed by atoms with Crippen LogP contribution in [0.2, 0.25) is 0 Å². The maximum absolute atomic E-state index is 13.3. The Morgan fingerprint density at radius 1 is 0.614 bits per heavy atom. The average Bonchev–Trinajstić information content (AvgIpc) is 4.31. The van der Waals surface area contributed by atoms with E-state index in [0.29, 0.717) is 92.7 Å². The van der Waals surface area contributed by atoms with Crippen LogP contribution in [0.5, 0.6) is 5.75 Å². The molecule has 0 amide bonds. The Morgan fingerprint density at radius 3 is 1.65 bits per heavy atom. The number of hydrogen-bond acceptors (Lipinski definition) is 15. The number of aromatic amines is 1. The highest BCUT2D eigenvalue weighted by atomic mass is 16.5. The molecule has 2 aliphatic heterocycles. The molecule has 2 fully saturated rings. The van der Waals surface area contributed by atoms with Crippen molar-refractivity contribution in [1.82, 2.24) is 39.7 Å². The van der Waals surface area contributed by atoms with Gasteiger partial charge in [-0.05, 0) is 114 Å². The Labute approximate surface area is 485 Å². The van der Waals surface area contributed by atoms with Crippen molar-refractivity contribution >= 4 is 45.0 Å². The van der Waals surface area contributed by atoms with E-state index in [1.54, 1.807) is 7.11 Å². The van der Waals surface area contributed by atoms with Gasteiger partial charge in [0.2, 0.25) is 0 Å². The molecule has 11 rings (SSSR count). The van der Waals surface area contributed by atoms with Crippen molar-refractivity contribution in [1.29, 1.82) is 0 Å². The van der Waals surface area contributed by atoms with Crippen molar-refractivity contribution in [2.24, 2.45) is 0 Å². The zero-order valence-corrected chi connectivity index (χ0v) is 48.5. The maximum atomic E-state index is 13.3. The molecule has 430 valence electrons. The summed E-state index contributed by atoms with van der Waals surface area (Å²) in [6.45, 7) is 11.5. The van der Waals surface area contributed by atoms with Crippen molar-refractivity contribution in [3.63, 3.8) is 0 Å². The van der Waals surface area contributed by atoms with Crippen LogP contribution in [-0.2, 0) is 28.9 Å². The molecule has 2 saturated heterocycles. The second kappa shape index (κ2) is 26.4. The summed E-state index contributed by atoms with van der Waals surface area (Å²) in [6, 6.07) is 43.4. The first kappa shape index (κ1) is 58.1. The topological polar surface area (TPSA) is 188 Å². The summed E-state index contributed by atoms with van der Waals surface area (Å²) in [4.78, 5) is 44.6. The van der Waals surface area contributed by atoms with Gasteiger partial charge in [0.1, 0.15) is 23.7 Å². The number of benzene rings is 5. The summed E-state index contributed by atoms with van der Waals surface area (Å²) >= 11 is 0. The van der Waals surface area contributed by atoms with Crippen molar-refractivity contribution in [3.05, 3.63) is 184 Å². The Balaban J connectivity index is 0.000000190. The van der Waals surface area contributed by atoms with Gasteiger partial charge in [-0.3, -0.25) is 24.5 Å². The van der Waals surface area contributed by atoms with Crippen molar-refractivity contribution in [3.8, 4) is 28.3 Å². The van der Waals surface area contributed by atoms with E-state index >= 15 is 0 Å². The molecule has 0 bridgehead atoms. The molecule has 3 N–H and O–H groups in total. The van der Waals surface area contributed by atoms with Crippen molar-refractivity contribution in [2.45, 2.75) is 45.4 Å². The van der Waals surface area contributed by atoms with Gasteiger partial charge in [0, 0.05) is 125 Å². The van der Waals surface area contributed by atoms with Crippen LogP contribution in [0.1, 0.15) is 72.1 Å². The number of nitrogens with zero attached hydrogens (tertiary/aromatic N) is 9. The van der Waals surface area contributed by atoms with Gasteiger partial charge in [0.15, 0.2) is 22.9 Å². The number of aliphatic hydroxyl groups is 2. The predicted molar refractivity (Wildman–Crippen MR) is 326 cm³/mol. The minimum Gasteiger partial charge on any atom is -0.497 e. The molecule has 0 spiro atoms. The van der Waals surface area contributed by atoms with E-state index in [1.165, 1.54) is 0 Å². The molecule has 2 unspecified atom stereocenters. The lowest BCUT2D eigenvalue weighted by molar-refractivity contribution is 0.0136. The highest BCUT2D eigenvalue weighted by Gasteiger charge is 2.25. The van der Waals surface area contributed by atoms with Crippen molar-refractivity contribution in [2.75, 3.05) is 111 Å². The molecule has 17 heteroatoms. The molecular formula is C66H74N10O7. The number of carbonyl (C=O) groups excluding carboxylic acids is 2. The molecule has 0 saturated carbocycles. The Hall–Kier alpha value is -8.16. The summed E-state index contributed by atoms with van der Waals surface area (Å²) in [6.07, 6.45) is -0.850. The number of H-pyrrole nitrogens is 1. The number of nitrogens with one attached hydrogen (secondary N) is 1. The number of aliphatic hydroxyl groups excluding tert-OH is 2. The third kappa shape index (κ3) is 14.0. The van der Waals surface area contributed by atoms with Crippen LogP contribution in [0, 0.1) is 13.8 Å². The molecule has 0 radical (unpaired) electrons. The zero-order chi connectivity index (χ0) is 58.1. The fraction of sp³-hybridized carbons (Fsp3) is 0.333. The number of β-amino-alcohol motifs (C(OH)–C–C–N with tert-alkyl or cyclic N) is 2. The van der Waals surface area contributed by atoms with Crippen LogP contribution >= 0.6 is 0 Å². The predicted octanol–water partition coefficient (Wildman–Crippen LogP) is 9.11. The van der Waals surface area contributed by atoms with Crippen LogP contribution in [0.15, 0.2) is 133 Å². The Morgan fingerprint density at radius 2 is 1.12 bits per heavy atom. The molecule has 6 heterocycles. The molecule has 2 atom stereocenters. The molecule has 83 heavy (non-hydrogen) atoms. The number of rotatable bonds is 19.